The number of hydrazine groups is 1. The molecule has 21 heavy (non-hydrogen) atoms. The third-order valence-corrected chi connectivity index (χ3v) is 3.30. The van der Waals surface area contributed by atoms with Crippen molar-refractivity contribution >= 4 is 33.3 Å². The Bertz CT molecular complexity index is 681. The van der Waals surface area contributed by atoms with Crippen molar-refractivity contribution in [3.63, 3.8) is 0 Å². The highest BCUT2D eigenvalue weighted by molar-refractivity contribution is 9.10. The maximum atomic E-state index is 13.9. The highest BCUT2D eigenvalue weighted by Crippen LogP contribution is 2.28. The lowest BCUT2D eigenvalue weighted by Crippen LogP contribution is -2.17. The minimum absolute atomic E-state index is 0.162. The second kappa shape index (κ2) is 6.51. The lowest BCUT2D eigenvalue weighted by atomic mass is 10.2. The Labute approximate surface area is 128 Å². The van der Waals surface area contributed by atoms with Crippen LogP contribution in [0.15, 0.2) is 34.9 Å². The normalized spacial score (nSPS) is 10.1. The summed E-state index contributed by atoms with van der Waals surface area (Å²) in [4.78, 5) is 15.7. The molecule has 6 nitrogen and oxygen atoms in total. The van der Waals surface area contributed by atoms with Gasteiger partial charge in [0.15, 0.2) is 11.6 Å². The van der Waals surface area contributed by atoms with E-state index < -0.39 is 11.7 Å². The van der Waals surface area contributed by atoms with Crippen LogP contribution in [0.5, 0.6) is 5.75 Å². The summed E-state index contributed by atoms with van der Waals surface area (Å²) in [6.07, 6.45) is 1.29. The van der Waals surface area contributed by atoms with E-state index in [2.05, 4.69) is 31.7 Å². The Kier molecular flexibility index (Phi) is 4.71. The van der Waals surface area contributed by atoms with Gasteiger partial charge in [0.1, 0.15) is 5.75 Å². The van der Waals surface area contributed by atoms with Crippen LogP contribution in [0.3, 0.4) is 0 Å². The Morgan fingerprint density at radius 1 is 1.43 bits per heavy atom. The van der Waals surface area contributed by atoms with Gasteiger partial charge in [0.2, 0.25) is 0 Å². The molecule has 0 saturated carbocycles. The zero-order chi connectivity index (χ0) is 15.4. The molecule has 0 bridgehead atoms. The fraction of sp³-hybridized carbons (Fsp3) is 0.0769. The molecule has 0 aliphatic heterocycles. The Balaban J connectivity index is 2.24. The lowest BCUT2D eigenvalue weighted by molar-refractivity contribution is 0.102. The number of anilines is 2. The van der Waals surface area contributed by atoms with Crippen LogP contribution in [0.4, 0.5) is 15.9 Å². The van der Waals surface area contributed by atoms with E-state index in [1.165, 1.54) is 19.4 Å². The molecule has 1 aromatic heterocycles. The predicted octanol–water partition coefficient (Wildman–Crippen LogP) is 2.53. The van der Waals surface area contributed by atoms with Gasteiger partial charge in [-0.3, -0.25) is 4.79 Å². The van der Waals surface area contributed by atoms with Gasteiger partial charge in [0, 0.05) is 11.9 Å². The molecule has 2 rings (SSSR count). The van der Waals surface area contributed by atoms with Crippen molar-refractivity contribution in [3.05, 3.63) is 46.3 Å². The Hall–Kier alpha value is -2.19. The van der Waals surface area contributed by atoms with Gasteiger partial charge in [0.05, 0.1) is 17.1 Å². The molecule has 0 saturated heterocycles. The lowest BCUT2D eigenvalue weighted by Gasteiger charge is -2.09. The topological polar surface area (TPSA) is 89.3 Å². The molecule has 1 heterocycles. The summed E-state index contributed by atoms with van der Waals surface area (Å²) < 4.78 is 19.7. The van der Waals surface area contributed by atoms with Crippen LogP contribution >= 0.6 is 15.9 Å². The average Bonchev–Trinajstić information content (AvgIpc) is 2.47. The summed E-state index contributed by atoms with van der Waals surface area (Å²) in [7, 11) is 1.53. The smallest absolute Gasteiger partial charge is 0.258 e. The third-order valence-electron chi connectivity index (χ3n) is 2.68. The van der Waals surface area contributed by atoms with Crippen molar-refractivity contribution in [3.8, 4) is 5.75 Å². The number of benzene rings is 1. The van der Waals surface area contributed by atoms with Crippen LogP contribution < -0.4 is 21.3 Å². The summed E-state index contributed by atoms with van der Waals surface area (Å²) in [6, 6.07) is 6.24. The highest BCUT2D eigenvalue weighted by atomic mass is 79.9. The van der Waals surface area contributed by atoms with E-state index in [9.17, 15) is 9.18 Å². The zero-order valence-electron chi connectivity index (χ0n) is 11.0. The summed E-state index contributed by atoms with van der Waals surface area (Å²) in [5.74, 6) is 4.12. The number of methoxy groups -OCH3 is 1. The molecule has 0 unspecified atom stereocenters. The van der Waals surface area contributed by atoms with E-state index in [0.717, 1.165) is 0 Å². The van der Waals surface area contributed by atoms with Gasteiger partial charge < -0.3 is 15.5 Å². The number of rotatable bonds is 4. The standard InChI is InChI=1S/C13H12BrFN4O2/c1-21-10-3-2-7(6-9(10)14)18-13(20)8-4-5-17-12(19-16)11(8)15/h2-6H,16H2,1H3,(H,17,19)(H,18,20). The van der Waals surface area contributed by atoms with E-state index >= 15 is 0 Å². The summed E-state index contributed by atoms with van der Waals surface area (Å²) in [5.41, 5.74) is 2.42. The first kappa shape index (κ1) is 15.2. The number of nitrogens with one attached hydrogen (secondary N) is 2. The SMILES string of the molecule is COc1ccc(NC(=O)c2ccnc(NN)c2F)cc1Br. The second-order valence-corrected chi connectivity index (χ2v) is 4.82. The molecule has 8 heteroatoms. The number of ether oxygens (including phenoxy) is 1. The van der Waals surface area contributed by atoms with Gasteiger partial charge >= 0.3 is 0 Å². The zero-order valence-corrected chi connectivity index (χ0v) is 12.6. The van der Waals surface area contributed by atoms with Crippen LogP contribution in [0.25, 0.3) is 0 Å². The second-order valence-electron chi connectivity index (χ2n) is 3.97. The van der Waals surface area contributed by atoms with Crippen LogP contribution in [0.2, 0.25) is 0 Å². The number of aromatic nitrogens is 1. The van der Waals surface area contributed by atoms with Gasteiger partial charge in [0.25, 0.3) is 5.91 Å². The van der Waals surface area contributed by atoms with E-state index in [1.807, 2.05) is 0 Å². The number of nitrogens with two attached hydrogens (primary N) is 1. The fourth-order valence-corrected chi connectivity index (χ4v) is 2.20. The number of nitrogen functional groups attached to an aromatic ring is 1. The number of halogens is 2. The number of amides is 1. The quantitative estimate of drug-likeness (QED) is 0.579. The maximum Gasteiger partial charge on any atom is 0.258 e. The monoisotopic (exact) mass is 354 g/mol. The van der Waals surface area contributed by atoms with Crippen LogP contribution in [-0.4, -0.2) is 18.0 Å². The Morgan fingerprint density at radius 2 is 2.19 bits per heavy atom. The molecule has 0 radical (unpaired) electrons. The maximum absolute atomic E-state index is 13.9. The van der Waals surface area contributed by atoms with Crippen molar-refractivity contribution in [2.24, 2.45) is 5.84 Å². The number of pyridine rings is 1. The molecule has 2 aromatic rings. The van der Waals surface area contributed by atoms with Crippen LogP contribution in [0.1, 0.15) is 10.4 Å². The predicted molar refractivity (Wildman–Crippen MR) is 80.7 cm³/mol. The summed E-state index contributed by atoms with van der Waals surface area (Å²) in [5, 5.41) is 2.58. The molecule has 4 N–H and O–H groups in total. The number of nitrogens with zero attached hydrogens (tertiary/aromatic N) is 1. The van der Waals surface area contributed by atoms with Crippen LogP contribution in [-0.2, 0) is 0 Å². The third kappa shape index (κ3) is 3.29. The largest absolute Gasteiger partial charge is 0.496 e. The molecule has 110 valence electrons. The average molecular weight is 355 g/mol. The van der Waals surface area contributed by atoms with Crippen molar-refractivity contribution in [2.45, 2.75) is 0 Å². The van der Waals surface area contributed by atoms with E-state index in [1.54, 1.807) is 18.2 Å². The van der Waals surface area contributed by atoms with Crippen molar-refractivity contribution in [1.29, 1.82) is 0 Å². The summed E-state index contributed by atoms with van der Waals surface area (Å²) in [6.45, 7) is 0. The molecule has 0 fully saturated rings. The molecular formula is C13H12BrFN4O2. The number of hydrogen-bond acceptors (Lipinski definition) is 5. The van der Waals surface area contributed by atoms with Crippen molar-refractivity contribution in [2.75, 3.05) is 17.9 Å². The molecular weight excluding hydrogens is 343 g/mol. The fourth-order valence-electron chi connectivity index (χ4n) is 1.66. The first-order valence-corrected chi connectivity index (χ1v) is 6.62. The Morgan fingerprint density at radius 3 is 2.81 bits per heavy atom. The van der Waals surface area contributed by atoms with Gasteiger partial charge in [-0.1, -0.05) is 0 Å². The number of carbonyl (C=O) groups is 1. The molecule has 0 spiro atoms. The van der Waals surface area contributed by atoms with Gasteiger partial charge in [-0.2, -0.15) is 0 Å². The number of hydrogen-bond donors (Lipinski definition) is 3. The number of carbonyl (C=O) groups excluding carboxylic acids is 1. The minimum atomic E-state index is -0.815. The first-order chi connectivity index (χ1) is 10.1. The highest BCUT2D eigenvalue weighted by Gasteiger charge is 2.16. The van der Waals surface area contributed by atoms with E-state index in [-0.39, 0.29) is 11.4 Å². The van der Waals surface area contributed by atoms with E-state index in [0.29, 0.717) is 15.9 Å². The van der Waals surface area contributed by atoms with Crippen LogP contribution in [0, 0.1) is 5.82 Å². The van der Waals surface area contributed by atoms with Gasteiger partial charge in [-0.05, 0) is 40.2 Å². The van der Waals surface area contributed by atoms with E-state index in [4.69, 9.17) is 10.6 Å². The first-order valence-electron chi connectivity index (χ1n) is 5.82. The minimum Gasteiger partial charge on any atom is -0.496 e. The summed E-state index contributed by atoms with van der Waals surface area (Å²) >= 11 is 3.30. The van der Waals surface area contributed by atoms with Gasteiger partial charge in [-0.25, -0.2) is 15.2 Å². The van der Waals surface area contributed by atoms with Gasteiger partial charge in [-0.15, -0.1) is 0 Å². The molecule has 1 amide bonds. The molecule has 1 aromatic carbocycles. The van der Waals surface area contributed by atoms with Crippen molar-refractivity contribution < 1.29 is 13.9 Å². The van der Waals surface area contributed by atoms with Crippen molar-refractivity contribution in [1.82, 2.24) is 4.98 Å². The molecule has 0 aliphatic rings. The molecule has 0 atom stereocenters. The molecule has 0 aliphatic carbocycles.